The Morgan fingerprint density at radius 3 is 2.88 bits per heavy atom. The van der Waals surface area contributed by atoms with Crippen LogP contribution in [-0.2, 0) is 0 Å². The van der Waals surface area contributed by atoms with Crippen LogP contribution in [0.4, 0.5) is 4.79 Å². The highest BCUT2D eigenvalue weighted by molar-refractivity contribution is 5.74. The van der Waals surface area contributed by atoms with Crippen LogP contribution in [0.5, 0.6) is 0 Å². The molecule has 0 aliphatic rings. The van der Waals surface area contributed by atoms with Crippen LogP contribution in [0.2, 0.25) is 0 Å². The number of nitrogens with zero attached hydrogens (tertiary/aromatic N) is 1. The molecule has 4 heteroatoms. The molecule has 0 aliphatic carbocycles. The minimum absolute atomic E-state index is 0.282. The SMILES string of the molecule is C=CCNC(=O)N=O. The van der Waals surface area contributed by atoms with Crippen molar-refractivity contribution in [1.82, 2.24) is 5.32 Å². The van der Waals surface area contributed by atoms with Crippen molar-refractivity contribution in [2.24, 2.45) is 5.18 Å². The first-order valence-corrected chi connectivity index (χ1v) is 2.03. The number of nitrogens with one attached hydrogen (secondary N) is 1. The molecule has 0 aromatic carbocycles. The van der Waals surface area contributed by atoms with E-state index in [0.717, 1.165) is 0 Å². The lowest BCUT2D eigenvalue weighted by Crippen LogP contribution is -2.18. The van der Waals surface area contributed by atoms with Crippen LogP contribution >= 0.6 is 0 Å². The Morgan fingerprint density at radius 1 is 1.88 bits per heavy atom. The Balaban J connectivity index is 3.24. The van der Waals surface area contributed by atoms with Gasteiger partial charge in [-0.1, -0.05) is 6.08 Å². The molecular weight excluding hydrogens is 108 g/mol. The van der Waals surface area contributed by atoms with Crippen molar-refractivity contribution in [1.29, 1.82) is 0 Å². The van der Waals surface area contributed by atoms with Crippen LogP contribution < -0.4 is 5.32 Å². The maximum atomic E-state index is 9.93. The second-order valence-corrected chi connectivity index (χ2v) is 1.07. The fraction of sp³-hybridized carbons (Fsp3) is 0.250. The quantitative estimate of drug-likeness (QED) is 0.423. The number of hydrogen-bond acceptors (Lipinski definition) is 2. The number of carbonyl (C=O) groups is 1. The average Bonchev–Trinajstić information content (AvgIpc) is 1.83. The first-order valence-electron chi connectivity index (χ1n) is 2.03. The van der Waals surface area contributed by atoms with Gasteiger partial charge in [0.15, 0.2) is 0 Å². The van der Waals surface area contributed by atoms with E-state index in [1.165, 1.54) is 6.08 Å². The van der Waals surface area contributed by atoms with Gasteiger partial charge in [-0.05, 0) is 0 Å². The van der Waals surface area contributed by atoms with Gasteiger partial charge in [-0.2, -0.15) is 0 Å². The smallest absolute Gasteiger partial charge is 0.330 e. The third-order valence-corrected chi connectivity index (χ3v) is 0.481. The summed E-state index contributed by atoms with van der Waals surface area (Å²) in [6.45, 7) is 3.59. The summed E-state index contributed by atoms with van der Waals surface area (Å²) in [5.74, 6) is 0. The Morgan fingerprint density at radius 2 is 2.50 bits per heavy atom. The maximum Gasteiger partial charge on any atom is 0.378 e. The van der Waals surface area contributed by atoms with Gasteiger partial charge < -0.3 is 5.32 Å². The number of urea groups is 1. The van der Waals surface area contributed by atoms with Gasteiger partial charge in [0, 0.05) is 11.7 Å². The van der Waals surface area contributed by atoms with Gasteiger partial charge in [0.05, 0.1) is 0 Å². The molecule has 0 unspecified atom stereocenters. The van der Waals surface area contributed by atoms with E-state index in [4.69, 9.17) is 0 Å². The van der Waals surface area contributed by atoms with Crippen molar-refractivity contribution in [3.8, 4) is 0 Å². The highest BCUT2D eigenvalue weighted by atomic mass is 16.3. The summed E-state index contributed by atoms with van der Waals surface area (Å²) < 4.78 is 0. The normalized spacial score (nSPS) is 7.50. The van der Waals surface area contributed by atoms with Gasteiger partial charge in [0.2, 0.25) is 0 Å². The molecule has 0 heterocycles. The molecule has 2 amide bonds. The maximum absolute atomic E-state index is 9.93. The van der Waals surface area contributed by atoms with Crippen molar-refractivity contribution in [2.75, 3.05) is 6.54 Å². The van der Waals surface area contributed by atoms with E-state index in [0.29, 0.717) is 0 Å². The van der Waals surface area contributed by atoms with Crippen LogP contribution in [0.3, 0.4) is 0 Å². The van der Waals surface area contributed by atoms with Crippen LogP contribution in [0, 0.1) is 4.91 Å². The van der Waals surface area contributed by atoms with E-state index < -0.39 is 6.03 Å². The van der Waals surface area contributed by atoms with Gasteiger partial charge >= 0.3 is 6.03 Å². The lowest BCUT2D eigenvalue weighted by atomic mass is 10.6. The number of nitroso groups, excluding NO2 is 1. The molecule has 0 spiro atoms. The molecule has 0 atom stereocenters. The molecular formula is C4H6N2O2. The minimum Gasteiger partial charge on any atom is -0.330 e. The summed E-state index contributed by atoms with van der Waals surface area (Å²) in [5, 5.41) is 4.22. The molecule has 0 aromatic heterocycles. The van der Waals surface area contributed by atoms with Crippen molar-refractivity contribution < 1.29 is 4.79 Å². The highest BCUT2D eigenvalue weighted by Gasteiger charge is 1.91. The Hall–Kier alpha value is -1.19. The zero-order valence-corrected chi connectivity index (χ0v) is 4.26. The van der Waals surface area contributed by atoms with E-state index in [-0.39, 0.29) is 6.54 Å². The standard InChI is InChI=1S/C4H6N2O2/c1-2-3-5-4(7)6-8/h2H,1,3H2,(H,5,7). The van der Waals surface area contributed by atoms with E-state index in [2.05, 4.69) is 17.1 Å². The van der Waals surface area contributed by atoms with Crippen LogP contribution in [-0.4, -0.2) is 12.6 Å². The summed E-state index contributed by atoms with van der Waals surface area (Å²) in [6.07, 6.45) is 1.46. The Kier molecular flexibility index (Phi) is 3.39. The van der Waals surface area contributed by atoms with Crippen molar-refractivity contribution in [3.63, 3.8) is 0 Å². The van der Waals surface area contributed by atoms with Crippen molar-refractivity contribution in [2.45, 2.75) is 0 Å². The fourth-order valence-electron chi connectivity index (χ4n) is 0.192. The predicted octanol–water partition coefficient (Wildman–Crippen LogP) is 0.648. The van der Waals surface area contributed by atoms with Crippen LogP contribution in [0.15, 0.2) is 17.8 Å². The van der Waals surface area contributed by atoms with Crippen molar-refractivity contribution in [3.05, 3.63) is 17.6 Å². The molecule has 0 aromatic rings. The number of carbonyl (C=O) groups excluding carboxylic acids is 1. The van der Waals surface area contributed by atoms with E-state index >= 15 is 0 Å². The molecule has 0 saturated carbocycles. The summed E-state index contributed by atoms with van der Waals surface area (Å²) in [6, 6.07) is -0.857. The first kappa shape index (κ1) is 6.81. The van der Waals surface area contributed by atoms with Gasteiger partial charge in [-0.3, -0.25) is 0 Å². The highest BCUT2D eigenvalue weighted by Crippen LogP contribution is 1.68. The molecule has 0 fully saturated rings. The molecule has 0 radical (unpaired) electrons. The van der Waals surface area contributed by atoms with Crippen LogP contribution in [0.25, 0.3) is 0 Å². The zero-order chi connectivity index (χ0) is 6.41. The first-order chi connectivity index (χ1) is 3.81. The second kappa shape index (κ2) is 3.98. The number of hydrogen-bond donors (Lipinski definition) is 1. The van der Waals surface area contributed by atoms with Crippen molar-refractivity contribution >= 4 is 6.03 Å². The number of amides is 2. The molecule has 0 aliphatic heterocycles. The molecule has 0 bridgehead atoms. The van der Waals surface area contributed by atoms with E-state index in [1.54, 1.807) is 0 Å². The fourth-order valence-corrected chi connectivity index (χ4v) is 0.192. The number of rotatable bonds is 2. The third kappa shape index (κ3) is 3.02. The lowest BCUT2D eigenvalue weighted by Gasteiger charge is -1.88. The minimum atomic E-state index is -0.857. The largest absolute Gasteiger partial charge is 0.378 e. The lowest BCUT2D eigenvalue weighted by molar-refractivity contribution is 0.250. The molecule has 0 saturated heterocycles. The summed E-state index contributed by atoms with van der Waals surface area (Å²) >= 11 is 0. The molecule has 0 rings (SSSR count). The third-order valence-electron chi connectivity index (χ3n) is 0.481. The molecule has 1 N–H and O–H groups in total. The summed E-state index contributed by atoms with van der Waals surface area (Å²) in [5.41, 5.74) is 0. The van der Waals surface area contributed by atoms with Crippen LogP contribution in [0.1, 0.15) is 0 Å². The Bertz CT molecular complexity index is 111. The molecule has 44 valence electrons. The molecule has 8 heavy (non-hydrogen) atoms. The van der Waals surface area contributed by atoms with Gasteiger partial charge in [-0.25, -0.2) is 4.79 Å². The van der Waals surface area contributed by atoms with Gasteiger partial charge in [0.25, 0.3) is 0 Å². The average molecular weight is 114 g/mol. The summed E-state index contributed by atoms with van der Waals surface area (Å²) in [4.78, 5) is 19.2. The second-order valence-electron chi connectivity index (χ2n) is 1.07. The molecule has 4 nitrogen and oxygen atoms in total. The van der Waals surface area contributed by atoms with Gasteiger partial charge in [0.1, 0.15) is 0 Å². The van der Waals surface area contributed by atoms with Gasteiger partial charge in [-0.15, -0.1) is 11.5 Å². The monoisotopic (exact) mass is 114 g/mol. The predicted molar refractivity (Wildman–Crippen MR) is 29.4 cm³/mol. The zero-order valence-electron chi connectivity index (χ0n) is 4.26. The van der Waals surface area contributed by atoms with E-state index in [9.17, 15) is 9.70 Å². The summed E-state index contributed by atoms with van der Waals surface area (Å²) in [7, 11) is 0. The Labute approximate surface area is 46.6 Å². The topological polar surface area (TPSA) is 58.5 Å². The van der Waals surface area contributed by atoms with E-state index in [1.807, 2.05) is 0 Å².